The predicted molar refractivity (Wildman–Crippen MR) is 44.7 cm³/mol. The Morgan fingerprint density at radius 3 is 2.92 bits per heavy atom. The lowest BCUT2D eigenvalue weighted by molar-refractivity contribution is 0.293. The van der Waals surface area contributed by atoms with Gasteiger partial charge in [0, 0.05) is 6.07 Å². The van der Waals surface area contributed by atoms with E-state index in [-0.39, 0.29) is 5.75 Å². The van der Waals surface area contributed by atoms with E-state index < -0.39 is 0 Å². The van der Waals surface area contributed by atoms with Gasteiger partial charge in [-0.3, -0.25) is 0 Å². The molecule has 12 heavy (non-hydrogen) atoms. The average molecular weight is 167 g/mol. The van der Waals surface area contributed by atoms with Crippen LogP contribution in [-0.2, 0) is 0 Å². The third-order valence-corrected chi connectivity index (χ3v) is 1.40. The Kier molecular flexibility index (Phi) is 2.80. The molecule has 3 nitrogen and oxygen atoms in total. The molecule has 0 heterocycles. The molecule has 0 aliphatic rings. The summed E-state index contributed by atoms with van der Waals surface area (Å²) in [4.78, 5) is 0. The molecule has 1 rings (SSSR count). The Bertz CT molecular complexity index is 258. The summed E-state index contributed by atoms with van der Waals surface area (Å²) in [6, 6.07) is 5.88. The average Bonchev–Trinajstić information content (AvgIpc) is 2.09. The first-order valence-corrected chi connectivity index (χ1v) is 3.70. The van der Waals surface area contributed by atoms with Crippen molar-refractivity contribution in [3.63, 3.8) is 0 Å². The molecule has 0 aromatic heterocycles. The van der Waals surface area contributed by atoms with Crippen LogP contribution in [0.2, 0.25) is 0 Å². The van der Waals surface area contributed by atoms with Gasteiger partial charge in [0.05, 0.1) is 13.7 Å². The van der Waals surface area contributed by atoms with Gasteiger partial charge in [-0.25, -0.2) is 0 Å². The van der Waals surface area contributed by atoms with Crippen molar-refractivity contribution in [3.8, 4) is 17.2 Å². The highest BCUT2D eigenvalue weighted by atomic mass is 16.5. The fraction of sp³-hybridized carbons (Fsp3) is 0.333. The molecule has 1 radical (unpaired) electrons. The summed E-state index contributed by atoms with van der Waals surface area (Å²) in [7, 11) is 1.53. The Labute approximate surface area is 71.5 Å². The summed E-state index contributed by atoms with van der Waals surface area (Å²) in [5.41, 5.74) is 0. The number of phenolic OH excluding ortho intramolecular Hbond substituents is 1. The lowest BCUT2D eigenvalue weighted by Gasteiger charge is -2.09. The summed E-state index contributed by atoms with van der Waals surface area (Å²) in [6.45, 7) is 2.33. The molecule has 0 atom stereocenters. The summed E-state index contributed by atoms with van der Waals surface area (Å²) in [6.07, 6.45) is 0. The molecule has 1 aromatic rings. The second-order valence-corrected chi connectivity index (χ2v) is 2.16. The highest BCUT2D eigenvalue weighted by Crippen LogP contribution is 2.35. The molecule has 0 bridgehead atoms. The molecule has 0 unspecified atom stereocenters. The Morgan fingerprint density at radius 1 is 1.58 bits per heavy atom. The molecule has 1 N–H and O–H groups in total. The largest absolute Gasteiger partial charge is 0.504 e. The number of aromatic hydroxyl groups is 1. The van der Waals surface area contributed by atoms with Crippen molar-refractivity contribution in [3.05, 3.63) is 18.2 Å². The van der Waals surface area contributed by atoms with Crippen LogP contribution < -0.4 is 9.47 Å². The van der Waals surface area contributed by atoms with Crippen molar-refractivity contribution < 1.29 is 14.6 Å². The van der Waals surface area contributed by atoms with E-state index >= 15 is 0 Å². The lowest BCUT2D eigenvalue weighted by atomic mass is 10.3. The van der Waals surface area contributed by atoms with Crippen LogP contribution in [0.4, 0.5) is 0 Å². The molecular weight excluding hydrogens is 156 g/mol. The highest BCUT2D eigenvalue weighted by Gasteiger charge is 2.08. The van der Waals surface area contributed by atoms with Gasteiger partial charge in [0.2, 0.25) is 5.75 Å². The van der Waals surface area contributed by atoms with Gasteiger partial charge in [-0.1, -0.05) is 0 Å². The number of ether oxygens (including phenoxy) is 2. The zero-order valence-corrected chi connectivity index (χ0v) is 7.13. The zero-order valence-electron chi connectivity index (χ0n) is 7.13. The third-order valence-electron chi connectivity index (χ3n) is 1.40. The Hall–Kier alpha value is -1.38. The van der Waals surface area contributed by atoms with Crippen molar-refractivity contribution >= 4 is 0 Å². The monoisotopic (exact) mass is 167 g/mol. The minimum absolute atomic E-state index is 0.0174. The van der Waals surface area contributed by atoms with Crippen LogP contribution >= 0.6 is 0 Å². The van der Waals surface area contributed by atoms with Crippen LogP contribution in [0.25, 0.3) is 0 Å². The van der Waals surface area contributed by atoms with E-state index in [1.165, 1.54) is 7.11 Å². The fourth-order valence-electron chi connectivity index (χ4n) is 0.899. The summed E-state index contributed by atoms with van der Waals surface area (Å²) in [5.74, 6) is 0.854. The SMILES string of the molecule is CCOc1c(O)[c]ccc1OC. The van der Waals surface area contributed by atoms with Crippen molar-refractivity contribution in [2.45, 2.75) is 6.92 Å². The molecule has 0 fully saturated rings. The number of hydrogen-bond acceptors (Lipinski definition) is 3. The second kappa shape index (κ2) is 3.85. The molecule has 0 amide bonds. The van der Waals surface area contributed by atoms with Crippen molar-refractivity contribution in [2.75, 3.05) is 13.7 Å². The number of methoxy groups -OCH3 is 1. The van der Waals surface area contributed by atoms with Gasteiger partial charge in [-0.2, -0.15) is 0 Å². The van der Waals surface area contributed by atoms with Crippen LogP contribution in [0.3, 0.4) is 0 Å². The van der Waals surface area contributed by atoms with Gasteiger partial charge in [-0.15, -0.1) is 0 Å². The molecule has 0 saturated carbocycles. The minimum Gasteiger partial charge on any atom is -0.504 e. The van der Waals surface area contributed by atoms with E-state index in [2.05, 4.69) is 6.07 Å². The van der Waals surface area contributed by atoms with Gasteiger partial charge in [0.25, 0.3) is 0 Å². The molecule has 0 spiro atoms. The van der Waals surface area contributed by atoms with Crippen LogP contribution in [-0.4, -0.2) is 18.8 Å². The van der Waals surface area contributed by atoms with Crippen molar-refractivity contribution in [1.29, 1.82) is 0 Å². The molecular formula is C9H11O3. The Morgan fingerprint density at radius 2 is 2.33 bits per heavy atom. The fourth-order valence-corrected chi connectivity index (χ4v) is 0.899. The maximum absolute atomic E-state index is 9.29. The van der Waals surface area contributed by atoms with Crippen LogP contribution in [0.5, 0.6) is 17.2 Å². The number of hydrogen-bond donors (Lipinski definition) is 1. The van der Waals surface area contributed by atoms with Crippen molar-refractivity contribution in [2.24, 2.45) is 0 Å². The van der Waals surface area contributed by atoms with Gasteiger partial charge in [0.1, 0.15) is 0 Å². The zero-order chi connectivity index (χ0) is 8.97. The van der Waals surface area contributed by atoms with E-state index in [1.807, 2.05) is 6.92 Å². The molecule has 0 aliphatic heterocycles. The van der Waals surface area contributed by atoms with Gasteiger partial charge in [0.15, 0.2) is 11.5 Å². The van der Waals surface area contributed by atoms with Crippen molar-refractivity contribution in [1.82, 2.24) is 0 Å². The molecule has 0 saturated heterocycles. The Balaban J connectivity index is 3.02. The highest BCUT2D eigenvalue weighted by molar-refractivity contribution is 5.49. The lowest BCUT2D eigenvalue weighted by Crippen LogP contribution is -1.95. The van der Waals surface area contributed by atoms with Gasteiger partial charge < -0.3 is 14.6 Å². The molecule has 3 heteroatoms. The first kappa shape index (κ1) is 8.71. The normalized spacial score (nSPS) is 9.50. The summed E-state index contributed by atoms with van der Waals surface area (Å²) < 4.78 is 10.1. The van der Waals surface area contributed by atoms with Crippen LogP contribution in [0.1, 0.15) is 6.92 Å². The van der Waals surface area contributed by atoms with Crippen LogP contribution in [0, 0.1) is 6.07 Å². The number of rotatable bonds is 3. The molecule has 65 valence electrons. The van der Waals surface area contributed by atoms with E-state index in [4.69, 9.17) is 9.47 Å². The third kappa shape index (κ3) is 1.61. The maximum atomic E-state index is 9.29. The second-order valence-electron chi connectivity index (χ2n) is 2.16. The number of phenols is 1. The standard InChI is InChI=1S/C9H11O3/c1-3-12-9-7(10)5-4-6-8(9)11-2/h4,6,10H,3H2,1-2H3. The predicted octanol–water partition coefficient (Wildman–Crippen LogP) is 1.60. The van der Waals surface area contributed by atoms with E-state index in [9.17, 15) is 5.11 Å². The minimum atomic E-state index is -0.0174. The number of benzene rings is 1. The van der Waals surface area contributed by atoms with E-state index in [0.29, 0.717) is 18.1 Å². The first-order valence-electron chi connectivity index (χ1n) is 3.70. The summed E-state index contributed by atoms with van der Waals surface area (Å²) >= 11 is 0. The van der Waals surface area contributed by atoms with Gasteiger partial charge >= 0.3 is 0 Å². The van der Waals surface area contributed by atoms with Gasteiger partial charge in [-0.05, 0) is 19.1 Å². The van der Waals surface area contributed by atoms with E-state index in [1.54, 1.807) is 12.1 Å². The van der Waals surface area contributed by atoms with Crippen LogP contribution in [0.15, 0.2) is 12.1 Å². The smallest absolute Gasteiger partial charge is 0.203 e. The topological polar surface area (TPSA) is 38.7 Å². The first-order chi connectivity index (χ1) is 5.79. The quantitative estimate of drug-likeness (QED) is 0.743. The summed E-state index contributed by atoms with van der Waals surface area (Å²) in [5, 5.41) is 9.29. The molecule has 1 aromatic carbocycles. The maximum Gasteiger partial charge on any atom is 0.203 e. The van der Waals surface area contributed by atoms with E-state index in [0.717, 1.165) is 0 Å². The molecule has 0 aliphatic carbocycles.